The van der Waals surface area contributed by atoms with Crippen molar-refractivity contribution in [2.24, 2.45) is 11.1 Å². The average molecular weight is 202 g/mol. The van der Waals surface area contributed by atoms with Crippen molar-refractivity contribution in [3.05, 3.63) is 0 Å². The van der Waals surface area contributed by atoms with Gasteiger partial charge in [0.15, 0.2) is 0 Å². The second-order valence-electron chi connectivity index (χ2n) is 4.81. The third-order valence-corrected chi connectivity index (χ3v) is 2.39. The molecule has 0 aromatic carbocycles. The molecule has 0 heterocycles. The molecule has 0 fully saturated rings. The Labute approximate surface area is 88.6 Å². The fraction of sp³-hybridized carbons (Fsp3) is 1.00. The van der Waals surface area contributed by atoms with Gasteiger partial charge in [0.2, 0.25) is 0 Å². The van der Waals surface area contributed by atoms with Gasteiger partial charge in [-0.1, -0.05) is 13.8 Å². The van der Waals surface area contributed by atoms with E-state index in [9.17, 15) is 0 Å². The van der Waals surface area contributed by atoms with Crippen molar-refractivity contribution in [1.29, 1.82) is 0 Å². The molecule has 0 spiro atoms. The summed E-state index contributed by atoms with van der Waals surface area (Å²) in [5.41, 5.74) is 5.92. The van der Waals surface area contributed by atoms with E-state index in [1.165, 1.54) is 6.42 Å². The van der Waals surface area contributed by atoms with Crippen LogP contribution in [0.5, 0.6) is 0 Å². The average Bonchev–Trinajstić information content (AvgIpc) is 2.12. The smallest absolute Gasteiger partial charge is 0.0462 e. The first-order valence-corrected chi connectivity index (χ1v) is 5.39. The SMILES string of the molecule is COCCCCN(C)CC(C)(C)CN. The summed E-state index contributed by atoms with van der Waals surface area (Å²) in [7, 11) is 3.91. The van der Waals surface area contributed by atoms with E-state index in [1.807, 2.05) is 0 Å². The number of nitrogens with two attached hydrogens (primary N) is 1. The lowest BCUT2D eigenvalue weighted by Crippen LogP contribution is -2.37. The van der Waals surface area contributed by atoms with Gasteiger partial charge in [0.05, 0.1) is 0 Å². The van der Waals surface area contributed by atoms with Gasteiger partial charge in [0.1, 0.15) is 0 Å². The second-order valence-corrected chi connectivity index (χ2v) is 4.81. The van der Waals surface area contributed by atoms with Crippen molar-refractivity contribution >= 4 is 0 Å². The minimum atomic E-state index is 0.232. The van der Waals surface area contributed by atoms with Gasteiger partial charge in [-0.15, -0.1) is 0 Å². The molecule has 0 aliphatic heterocycles. The van der Waals surface area contributed by atoms with E-state index in [-0.39, 0.29) is 5.41 Å². The van der Waals surface area contributed by atoms with E-state index in [2.05, 4.69) is 25.8 Å². The Morgan fingerprint density at radius 3 is 2.43 bits per heavy atom. The van der Waals surface area contributed by atoms with Crippen molar-refractivity contribution < 1.29 is 4.74 Å². The van der Waals surface area contributed by atoms with E-state index >= 15 is 0 Å². The predicted octanol–water partition coefficient (Wildman–Crippen LogP) is 1.33. The standard InChI is InChI=1S/C11H26N2O/c1-11(2,9-12)10-13(3)7-5-6-8-14-4/h5-10,12H2,1-4H3. The Hall–Kier alpha value is -0.120. The zero-order valence-electron chi connectivity index (χ0n) is 10.2. The predicted molar refractivity (Wildman–Crippen MR) is 61.4 cm³/mol. The third kappa shape index (κ3) is 7.30. The van der Waals surface area contributed by atoms with Gasteiger partial charge < -0.3 is 15.4 Å². The molecule has 0 radical (unpaired) electrons. The molecule has 2 N–H and O–H groups in total. The van der Waals surface area contributed by atoms with Crippen LogP contribution in [-0.2, 0) is 4.74 Å². The summed E-state index contributed by atoms with van der Waals surface area (Å²) < 4.78 is 5.01. The molecule has 0 aliphatic rings. The van der Waals surface area contributed by atoms with E-state index in [0.29, 0.717) is 0 Å². The monoisotopic (exact) mass is 202 g/mol. The van der Waals surface area contributed by atoms with E-state index in [4.69, 9.17) is 10.5 Å². The van der Waals surface area contributed by atoms with E-state index in [1.54, 1.807) is 7.11 Å². The van der Waals surface area contributed by atoms with Crippen molar-refractivity contribution in [2.75, 3.05) is 40.4 Å². The topological polar surface area (TPSA) is 38.5 Å². The van der Waals surface area contributed by atoms with Crippen LogP contribution in [0, 0.1) is 5.41 Å². The third-order valence-electron chi connectivity index (χ3n) is 2.39. The summed E-state index contributed by atoms with van der Waals surface area (Å²) in [6.07, 6.45) is 2.34. The Balaban J connectivity index is 3.49. The summed E-state index contributed by atoms with van der Waals surface area (Å²) in [4.78, 5) is 2.35. The zero-order chi connectivity index (χ0) is 11.0. The van der Waals surface area contributed by atoms with E-state index in [0.717, 1.165) is 32.7 Å². The molecule has 0 aromatic rings. The molecule has 0 aliphatic carbocycles. The van der Waals surface area contributed by atoms with Crippen LogP contribution in [0.1, 0.15) is 26.7 Å². The highest BCUT2D eigenvalue weighted by Crippen LogP contribution is 2.13. The molecule has 86 valence electrons. The zero-order valence-corrected chi connectivity index (χ0v) is 10.2. The molecular weight excluding hydrogens is 176 g/mol. The van der Waals surface area contributed by atoms with E-state index < -0.39 is 0 Å². The number of rotatable bonds is 8. The Kier molecular flexibility index (Phi) is 7.15. The molecule has 0 unspecified atom stereocenters. The van der Waals surface area contributed by atoms with Crippen LogP contribution in [0.25, 0.3) is 0 Å². The summed E-state index contributed by atoms with van der Waals surface area (Å²) >= 11 is 0. The van der Waals surface area contributed by atoms with Crippen LogP contribution < -0.4 is 5.73 Å². The highest BCUT2D eigenvalue weighted by molar-refractivity contribution is 4.72. The number of methoxy groups -OCH3 is 1. The fourth-order valence-electron chi connectivity index (χ4n) is 1.50. The molecule has 3 nitrogen and oxygen atoms in total. The van der Waals surface area contributed by atoms with Gasteiger partial charge in [-0.05, 0) is 38.4 Å². The number of hydrogen-bond acceptors (Lipinski definition) is 3. The van der Waals surface area contributed by atoms with Gasteiger partial charge in [0.25, 0.3) is 0 Å². The number of ether oxygens (including phenoxy) is 1. The first-order valence-electron chi connectivity index (χ1n) is 5.39. The molecule has 0 rings (SSSR count). The summed E-state index contributed by atoms with van der Waals surface area (Å²) in [5.74, 6) is 0. The molecule has 0 amide bonds. The molecule has 14 heavy (non-hydrogen) atoms. The van der Waals surface area contributed by atoms with Crippen LogP contribution in [-0.4, -0.2) is 45.3 Å². The molecule has 0 saturated heterocycles. The van der Waals surface area contributed by atoms with Crippen molar-refractivity contribution in [3.8, 4) is 0 Å². The first kappa shape index (κ1) is 13.9. The van der Waals surface area contributed by atoms with Gasteiger partial charge in [-0.3, -0.25) is 0 Å². The molecule has 0 bridgehead atoms. The lowest BCUT2D eigenvalue weighted by molar-refractivity contribution is 0.177. The maximum atomic E-state index is 5.68. The quantitative estimate of drug-likeness (QED) is 0.604. The summed E-state index contributed by atoms with van der Waals surface area (Å²) in [5, 5.41) is 0. The maximum absolute atomic E-state index is 5.68. The fourth-order valence-corrected chi connectivity index (χ4v) is 1.50. The lowest BCUT2D eigenvalue weighted by Gasteiger charge is -2.28. The molecule has 3 heteroatoms. The Morgan fingerprint density at radius 2 is 1.93 bits per heavy atom. The summed E-state index contributed by atoms with van der Waals surface area (Å²) in [6.45, 7) is 8.23. The first-order chi connectivity index (χ1) is 6.52. The molecule has 0 saturated carbocycles. The number of nitrogens with zero attached hydrogens (tertiary/aromatic N) is 1. The molecular formula is C11H26N2O. The largest absolute Gasteiger partial charge is 0.385 e. The Morgan fingerprint density at radius 1 is 1.29 bits per heavy atom. The lowest BCUT2D eigenvalue weighted by atomic mass is 9.93. The van der Waals surface area contributed by atoms with Crippen molar-refractivity contribution in [3.63, 3.8) is 0 Å². The molecule has 0 aromatic heterocycles. The van der Waals surface area contributed by atoms with Gasteiger partial charge >= 0.3 is 0 Å². The minimum absolute atomic E-state index is 0.232. The molecule has 0 atom stereocenters. The highest BCUT2D eigenvalue weighted by atomic mass is 16.5. The van der Waals surface area contributed by atoms with Crippen LogP contribution in [0.4, 0.5) is 0 Å². The maximum Gasteiger partial charge on any atom is 0.0462 e. The highest BCUT2D eigenvalue weighted by Gasteiger charge is 2.17. The van der Waals surface area contributed by atoms with Gasteiger partial charge in [-0.25, -0.2) is 0 Å². The van der Waals surface area contributed by atoms with Crippen molar-refractivity contribution in [2.45, 2.75) is 26.7 Å². The van der Waals surface area contributed by atoms with Gasteiger partial charge in [0, 0.05) is 20.3 Å². The number of hydrogen-bond donors (Lipinski definition) is 1. The summed E-state index contributed by atoms with van der Waals surface area (Å²) in [6, 6.07) is 0. The van der Waals surface area contributed by atoms with Crippen LogP contribution in [0.3, 0.4) is 0 Å². The van der Waals surface area contributed by atoms with Crippen LogP contribution >= 0.6 is 0 Å². The van der Waals surface area contributed by atoms with Crippen LogP contribution in [0.2, 0.25) is 0 Å². The van der Waals surface area contributed by atoms with Crippen molar-refractivity contribution in [1.82, 2.24) is 4.90 Å². The van der Waals surface area contributed by atoms with Crippen LogP contribution in [0.15, 0.2) is 0 Å². The van der Waals surface area contributed by atoms with Gasteiger partial charge in [-0.2, -0.15) is 0 Å². The Bertz CT molecular complexity index is 137. The minimum Gasteiger partial charge on any atom is -0.385 e. The normalized spacial score (nSPS) is 12.4. The second kappa shape index (κ2) is 7.21. The number of unbranched alkanes of at least 4 members (excludes halogenated alkanes) is 1.